The third kappa shape index (κ3) is 5.18. The molecule has 0 saturated heterocycles. The van der Waals surface area contributed by atoms with Gasteiger partial charge in [0, 0.05) is 0 Å². The van der Waals surface area contributed by atoms with E-state index in [1.165, 1.54) is 0 Å². The summed E-state index contributed by atoms with van der Waals surface area (Å²) in [4.78, 5) is 0. The zero-order valence-corrected chi connectivity index (χ0v) is 27.6. The molecule has 0 aliphatic carbocycles. The molecular formula is C32H22Br4O4. The second-order valence-corrected chi connectivity index (χ2v) is 12.8. The summed E-state index contributed by atoms with van der Waals surface area (Å²) in [5.74, 6) is 0.403. The fourth-order valence-corrected chi connectivity index (χ4v) is 6.10. The van der Waals surface area contributed by atoms with Gasteiger partial charge in [0.25, 0.3) is 0 Å². The molecule has 202 valence electrons. The molecule has 0 spiro atoms. The Morgan fingerprint density at radius 2 is 0.575 bits per heavy atom. The molecule has 0 atom stereocenters. The van der Waals surface area contributed by atoms with Gasteiger partial charge in [0.2, 0.25) is 0 Å². The summed E-state index contributed by atoms with van der Waals surface area (Å²) >= 11 is 13.6. The Morgan fingerprint density at radius 3 is 0.750 bits per heavy atom. The molecule has 0 aliphatic rings. The van der Waals surface area contributed by atoms with Crippen molar-refractivity contribution in [2.45, 2.75) is 13.8 Å². The van der Waals surface area contributed by atoms with Gasteiger partial charge in [-0.05, 0) is 182 Å². The molecule has 5 aromatic rings. The third-order valence-corrected chi connectivity index (χ3v) is 9.62. The summed E-state index contributed by atoms with van der Waals surface area (Å²) in [6.07, 6.45) is 0. The van der Waals surface area contributed by atoms with E-state index in [0.717, 1.165) is 55.6 Å². The number of halogens is 4. The average molecular weight is 790 g/mol. The minimum absolute atomic E-state index is 0.101. The first-order valence-electron chi connectivity index (χ1n) is 12.1. The maximum Gasteiger partial charge on any atom is 0.130 e. The average Bonchev–Trinajstić information content (AvgIpc) is 2.91. The highest BCUT2D eigenvalue weighted by Crippen LogP contribution is 2.51. The zero-order chi connectivity index (χ0) is 28.9. The standard InChI is InChI=1S/C32H22Br4O4/c1-15-29(17-3-7-21(33)25(37)11-17)31(19-5-9-23(35)27(39)13-19)16(2)32(20-6-10-24(36)28(40)14-20)30(15)18-4-8-22(34)26(38)12-18/h3-14,37-40H,1-2H3. The van der Waals surface area contributed by atoms with Crippen LogP contribution >= 0.6 is 63.7 Å². The molecule has 0 radical (unpaired) electrons. The van der Waals surface area contributed by atoms with Gasteiger partial charge in [0.15, 0.2) is 0 Å². The summed E-state index contributed by atoms with van der Waals surface area (Å²) in [5.41, 5.74) is 8.38. The van der Waals surface area contributed by atoms with E-state index in [1.807, 2.05) is 38.1 Å². The fourth-order valence-electron chi connectivity index (χ4n) is 5.12. The van der Waals surface area contributed by atoms with Crippen LogP contribution in [0.2, 0.25) is 0 Å². The Hall–Kier alpha value is -2.78. The topological polar surface area (TPSA) is 80.9 Å². The Bertz CT molecular complexity index is 1550. The van der Waals surface area contributed by atoms with Crippen LogP contribution in [0.5, 0.6) is 23.0 Å². The molecule has 40 heavy (non-hydrogen) atoms. The third-order valence-electron chi connectivity index (χ3n) is 6.94. The highest BCUT2D eigenvalue weighted by Gasteiger charge is 2.25. The second-order valence-electron chi connectivity index (χ2n) is 9.41. The number of phenolic OH excluding ortho intramolecular Hbond substituents is 4. The minimum Gasteiger partial charge on any atom is -0.507 e. The van der Waals surface area contributed by atoms with Crippen molar-refractivity contribution in [1.29, 1.82) is 0 Å². The van der Waals surface area contributed by atoms with Crippen molar-refractivity contribution in [3.8, 4) is 67.5 Å². The largest absolute Gasteiger partial charge is 0.507 e. The van der Waals surface area contributed by atoms with Gasteiger partial charge in [-0.1, -0.05) is 24.3 Å². The molecule has 4 nitrogen and oxygen atoms in total. The molecule has 0 aliphatic heterocycles. The van der Waals surface area contributed by atoms with E-state index >= 15 is 0 Å². The van der Waals surface area contributed by atoms with E-state index in [-0.39, 0.29) is 23.0 Å². The number of aromatic hydroxyl groups is 4. The molecule has 5 rings (SSSR count). The van der Waals surface area contributed by atoms with Crippen LogP contribution in [0.25, 0.3) is 44.5 Å². The van der Waals surface area contributed by atoms with Crippen LogP contribution in [0.15, 0.2) is 90.7 Å². The fraction of sp³-hybridized carbons (Fsp3) is 0.0625. The first-order valence-corrected chi connectivity index (χ1v) is 15.3. The van der Waals surface area contributed by atoms with Crippen LogP contribution < -0.4 is 0 Å². The van der Waals surface area contributed by atoms with E-state index in [9.17, 15) is 20.4 Å². The van der Waals surface area contributed by atoms with Gasteiger partial charge < -0.3 is 20.4 Å². The molecule has 0 heterocycles. The summed E-state index contributed by atoms with van der Waals surface area (Å²) < 4.78 is 2.31. The van der Waals surface area contributed by atoms with E-state index in [4.69, 9.17) is 0 Å². The number of hydrogen-bond acceptors (Lipinski definition) is 4. The minimum atomic E-state index is 0.101. The molecule has 0 bridgehead atoms. The summed E-state index contributed by atoms with van der Waals surface area (Å²) in [7, 11) is 0. The van der Waals surface area contributed by atoms with Crippen molar-refractivity contribution in [2.75, 3.05) is 0 Å². The van der Waals surface area contributed by atoms with E-state index in [0.29, 0.717) is 17.9 Å². The van der Waals surface area contributed by atoms with Crippen molar-refractivity contribution in [2.24, 2.45) is 0 Å². The van der Waals surface area contributed by atoms with E-state index in [1.54, 1.807) is 48.5 Å². The lowest BCUT2D eigenvalue weighted by atomic mass is 9.78. The smallest absolute Gasteiger partial charge is 0.130 e. The van der Waals surface area contributed by atoms with Gasteiger partial charge in [-0.2, -0.15) is 0 Å². The maximum atomic E-state index is 10.6. The van der Waals surface area contributed by atoms with Crippen LogP contribution in [-0.2, 0) is 0 Å². The van der Waals surface area contributed by atoms with Crippen molar-refractivity contribution < 1.29 is 20.4 Å². The van der Waals surface area contributed by atoms with Gasteiger partial charge in [-0.15, -0.1) is 0 Å². The second kappa shape index (κ2) is 11.2. The Balaban J connectivity index is 2.00. The van der Waals surface area contributed by atoms with Gasteiger partial charge in [-0.3, -0.25) is 0 Å². The van der Waals surface area contributed by atoms with Crippen molar-refractivity contribution >= 4 is 63.7 Å². The van der Waals surface area contributed by atoms with Crippen LogP contribution in [-0.4, -0.2) is 20.4 Å². The SMILES string of the molecule is Cc1c(-c2ccc(Br)c(O)c2)c(-c2ccc(Br)c(O)c2)c(C)c(-c2ccc(Br)c(O)c2)c1-c1ccc(Br)c(O)c1. The normalized spacial score (nSPS) is 11.2. The lowest BCUT2D eigenvalue weighted by molar-refractivity contribution is 0.471. The zero-order valence-electron chi connectivity index (χ0n) is 21.2. The van der Waals surface area contributed by atoms with Crippen molar-refractivity contribution in [3.05, 3.63) is 102 Å². The van der Waals surface area contributed by atoms with Gasteiger partial charge >= 0.3 is 0 Å². The first kappa shape index (κ1) is 28.7. The van der Waals surface area contributed by atoms with Crippen LogP contribution in [0.1, 0.15) is 11.1 Å². The maximum absolute atomic E-state index is 10.6. The lowest BCUT2D eigenvalue weighted by Crippen LogP contribution is -2.01. The van der Waals surface area contributed by atoms with Crippen LogP contribution in [0.4, 0.5) is 0 Å². The predicted octanol–water partition coefficient (Wildman–Crippen LogP) is 10.8. The Labute approximate surface area is 265 Å². The Morgan fingerprint density at radius 1 is 0.375 bits per heavy atom. The van der Waals surface area contributed by atoms with Crippen molar-refractivity contribution in [1.82, 2.24) is 0 Å². The summed E-state index contributed by atoms with van der Waals surface area (Å²) in [5, 5.41) is 42.6. The molecule has 0 saturated carbocycles. The molecule has 0 aromatic heterocycles. The molecule has 5 aromatic carbocycles. The van der Waals surface area contributed by atoms with Crippen LogP contribution in [0, 0.1) is 13.8 Å². The lowest BCUT2D eigenvalue weighted by Gasteiger charge is -2.26. The number of benzene rings is 5. The van der Waals surface area contributed by atoms with Crippen molar-refractivity contribution in [3.63, 3.8) is 0 Å². The number of phenols is 4. The van der Waals surface area contributed by atoms with E-state index < -0.39 is 0 Å². The van der Waals surface area contributed by atoms with E-state index in [2.05, 4.69) is 63.7 Å². The summed E-state index contributed by atoms with van der Waals surface area (Å²) in [6, 6.07) is 21.8. The van der Waals surface area contributed by atoms with Crippen LogP contribution in [0.3, 0.4) is 0 Å². The van der Waals surface area contributed by atoms with Gasteiger partial charge in [-0.25, -0.2) is 0 Å². The summed E-state index contributed by atoms with van der Waals surface area (Å²) in [6.45, 7) is 4.01. The number of rotatable bonds is 4. The predicted molar refractivity (Wildman–Crippen MR) is 175 cm³/mol. The highest BCUT2D eigenvalue weighted by molar-refractivity contribution is 9.11. The highest BCUT2D eigenvalue weighted by atomic mass is 79.9. The Kier molecular flexibility index (Phi) is 8.08. The number of hydrogen-bond donors (Lipinski definition) is 4. The molecular weight excluding hydrogens is 768 g/mol. The molecule has 0 fully saturated rings. The molecule has 8 heteroatoms. The van der Waals surface area contributed by atoms with Gasteiger partial charge in [0.05, 0.1) is 17.9 Å². The molecule has 4 N–H and O–H groups in total. The molecule has 0 amide bonds. The monoisotopic (exact) mass is 786 g/mol. The first-order chi connectivity index (χ1) is 19.0. The molecule has 0 unspecified atom stereocenters. The van der Waals surface area contributed by atoms with Gasteiger partial charge in [0.1, 0.15) is 23.0 Å². The quantitative estimate of drug-likeness (QED) is 0.146.